The largest absolute Gasteiger partial charge is 0.268 e. The molecule has 0 saturated carbocycles. The highest BCUT2D eigenvalue weighted by atomic mass is 15.3. The summed E-state index contributed by atoms with van der Waals surface area (Å²) in [6.07, 6.45) is 1.06. The maximum Gasteiger partial charge on any atom is 0.0705 e. The van der Waals surface area contributed by atoms with Crippen LogP contribution >= 0.6 is 0 Å². The molecule has 1 aromatic heterocycles. The fourth-order valence-corrected chi connectivity index (χ4v) is 1.83. The van der Waals surface area contributed by atoms with Crippen LogP contribution in [0.1, 0.15) is 19.5 Å². The summed E-state index contributed by atoms with van der Waals surface area (Å²) in [6, 6.07) is 8.41. The van der Waals surface area contributed by atoms with Crippen molar-refractivity contribution >= 4 is 10.9 Å². The molecule has 0 fully saturated rings. The summed E-state index contributed by atoms with van der Waals surface area (Å²) in [5.74, 6) is 0.660. The Labute approximate surface area is 84.5 Å². The molecule has 0 atom stereocenters. The van der Waals surface area contributed by atoms with Gasteiger partial charge in [-0.25, -0.2) is 0 Å². The number of nitrogens with zero attached hydrogens (tertiary/aromatic N) is 2. The van der Waals surface area contributed by atoms with Gasteiger partial charge in [0.2, 0.25) is 0 Å². The third kappa shape index (κ3) is 1.52. The third-order valence-corrected chi connectivity index (χ3v) is 2.44. The minimum absolute atomic E-state index is 0.660. The fourth-order valence-electron chi connectivity index (χ4n) is 1.83. The van der Waals surface area contributed by atoms with Crippen LogP contribution in [0.25, 0.3) is 10.9 Å². The Balaban J connectivity index is 2.55. The van der Waals surface area contributed by atoms with Crippen LogP contribution < -0.4 is 0 Å². The quantitative estimate of drug-likeness (QED) is 0.708. The maximum absolute atomic E-state index is 4.55. The Morgan fingerprint density at radius 1 is 1.29 bits per heavy atom. The van der Waals surface area contributed by atoms with Crippen molar-refractivity contribution < 1.29 is 0 Å². The van der Waals surface area contributed by atoms with Crippen LogP contribution in [0.4, 0.5) is 0 Å². The Kier molecular flexibility index (Phi) is 2.28. The number of aryl methyl sites for hydroxylation is 1. The van der Waals surface area contributed by atoms with Crippen molar-refractivity contribution in [3.05, 3.63) is 30.0 Å². The number of rotatable bonds is 2. The van der Waals surface area contributed by atoms with E-state index in [1.54, 1.807) is 0 Å². The molecule has 0 aliphatic heterocycles. The molecule has 0 N–H and O–H groups in total. The highest BCUT2D eigenvalue weighted by Gasteiger charge is 2.08. The third-order valence-electron chi connectivity index (χ3n) is 2.44. The number of fused-ring (bicyclic) bond motifs is 1. The molecule has 2 aromatic rings. The van der Waals surface area contributed by atoms with E-state index in [0.717, 1.165) is 6.42 Å². The van der Waals surface area contributed by atoms with E-state index in [-0.39, 0.29) is 0 Å². The van der Waals surface area contributed by atoms with E-state index in [4.69, 9.17) is 0 Å². The van der Waals surface area contributed by atoms with Gasteiger partial charge < -0.3 is 0 Å². The summed E-state index contributed by atoms with van der Waals surface area (Å²) in [5, 5.41) is 5.84. The van der Waals surface area contributed by atoms with Crippen molar-refractivity contribution in [3.8, 4) is 0 Å². The van der Waals surface area contributed by atoms with Crippen LogP contribution in [0.2, 0.25) is 0 Å². The van der Waals surface area contributed by atoms with E-state index in [0.29, 0.717) is 5.92 Å². The van der Waals surface area contributed by atoms with Gasteiger partial charge in [0.1, 0.15) is 0 Å². The van der Waals surface area contributed by atoms with Crippen LogP contribution in [0.15, 0.2) is 24.3 Å². The lowest BCUT2D eigenvalue weighted by atomic mass is 10.1. The second-order valence-corrected chi connectivity index (χ2v) is 4.19. The Morgan fingerprint density at radius 2 is 2.00 bits per heavy atom. The van der Waals surface area contributed by atoms with E-state index in [1.807, 2.05) is 11.7 Å². The predicted octanol–water partition coefficient (Wildman–Crippen LogP) is 2.77. The van der Waals surface area contributed by atoms with Crippen molar-refractivity contribution in [1.29, 1.82) is 0 Å². The lowest BCUT2D eigenvalue weighted by Crippen LogP contribution is -1.96. The molecule has 1 heterocycles. The number of hydrogen-bond acceptors (Lipinski definition) is 1. The van der Waals surface area contributed by atoms with E-state index < -0.39 is 0 Å². The van der Waals surface area contributed by atoms with E-state index in [9.17, 15) is 0 Å². The number of benzene rings is 1. The first-order chi connectivity index (χ1) is 6.68. The number of para-hydroxylation sites is 1. The van der Waals surface area contributed by atoms with Crippen LogP contribution in [0.3, 0.4) is 0 Å². The Bertz CT molecular complexity index is 441. The topological polar surface area (TPSA) is 17.8 Å². The Morgan fingerprint density at radius 3 is 2.71 bits per heavy atom. The van der Waals surface area contributed by atoms with Crippen molar-refractivity contribution in [1.82, 2.24) is 9.78 Å². The molecule has 14 heavy (non-hydrogen) atoms. The highest BCUT2D eigenvalue weighted by molar-refractivity contribution is 5.81. The molecular formula is C12H16N2. The maximum atomic E-state index is 4.55. The van der Waals surface area contributed by atoms with Gasteiger partial charge in [-0.15, -0.1) is 0 Å². The minimum Gasteiger partial charge on any atom is -0.268 e. The van der Waals surface area contributed by atoms with Gasteiger partial charge in [0.25, 0.3) is 0 Å². The zero-order chi connectivity index (χ0) is 10.1. The molecule has 0 aliphatic carbocycles. The van der Waals surface area contributed by atoms with Crippen molar-refractivity contribution in [2.45, 2.75) is 20.3 Å². The van der Waals surface area contributed by atoms with Crippen LogP contribution in [0, 0.1) is 5.92 Å². The monoisotopic (exact) mass is 188 g/mol. The van der Waals surface area contributed by atoms with Crippen molar-refractivity contribution in [2.24, 2.45) is 13.0 Å². The van der Waals surface area contributed by atoms with E-state index in [2.05, 4.69) is 43.2 Å². The SMILES string of the molecule is CC(C)Cc1nn(C)c2ccccc12. The lowest BCUT2D eigenvalue weighted by Gasteiger charge is -2.00. The average Bonchev–Trinajstić information content (AvgIpc) is 2.44. The van der Waals surface area contributed by atoms with Crippen LogP contribution in [0.5, 0.6) is 0 Å². The lowest BCUT2D eigenvalue weighted by molar-refractivity contribution is 0.624. The normalized spacial score (nSPS) is 11.4. The number of aromatic nitrogens is 2. The van der Waals surface area contributed by atoms with E-state index in [1.165, 1.54) is 16.6 Å². The van der Waals surface area contributed by atoms with Gasteiger partial charge in [-0.3, -0.25) is 4.68 Å². The molecule has 0 unspecified atom stereocenters. The minimum atomic E-state index is 0.660. The van der Waals surface area contributed by atoms with Gasteiger partial charge in [0.15, 0.2) is 0 Å². The molecule has 2 rings (SSSR count). The first-order valence-electron chi connectivity index (χ1n) is 5.09. The molecule has 0 saturated heterocycles. The predicted molar refractivity (Wildman–Crippen MR) is 59.3 cm³/mol. The fraction of sp³-hybridized carbons (Fsp3) is 0.417. The smallest absolute Gasteiger partial charge is 0.0705 e. The summed E-state index contributed by atoms with van der Waals surface area (Å²) >= 11 is 0. The molecule has 1 aromatic carbocycles. The molecule has 0 bridgehead atoms. The second-order valence-electron chi connectivity index (χ2n) is 4.19. The van der Waals surface area contributed by atoms with Crippen LogP contribution in [-0.2, 0) is 13.5 Å². The zero-order valence-corrected chi connectivity index (χ0v) is 8.99. The number of hydrogen-bond donors (Lipinski definition) is 0. The highest BCUT2D eigenvalue weighted by Crippen LogP contribution is 2.19. The molecule has 2 heteroatoms. The molecular weight excluding hydrogens is 172 g/mol. The summed E-state index contributed by atoms with van der Waals surface area (Å²) in [7, 11) is 2.01. The molecule has 0 radical (unpaired) electrons. The van der Waals surface area contributed by atoms with Crippen LogP contribution in [-0.4, -0.2) is 9.78 Å². The van der Waals surface area contributed by atoms with Gasteiger partial charge in [-0.2, -0.15) is 5.10 Å². The van der Waals surface area contributed by atoms with Crippen molar-refractivity contribution in [3.63, 3.8) is 0 Å². The van der Waals surface area contributed by atoms with Gasteiger partial charge in [0, 0.05) is 12.4 Å². The Hall–Kier alpha value is -1.31. The summed E-state index contributed by atoms with van der Waals surface area (Å²) in [5.41, 5.74) is 2.45. The van der Waals surface area contributed by atoms with Gasteiger partial charge in [-0.05, 0) is 18.4 Å². The standard InChI is InChI=1S/C12H16N2/c1-9(2)8-11-10-6-4-5-7-12(10)14(3)13-11/h4-7,9H,8H2,1-3H3. The average molecular weight is 188 g/mol. The van der Waals surface area contributed by atoms with Gasteiger partial charge in [-0.1, -0.05) is 32.0 Å². The first kappa shape index (κ1) is 9.25. The second kappa shape index (κ2) is 3.45. The molecule has 0 amide bonds. The molecule has 0 aliphatic rings. The van der Waals surface area contributed by atoms with Gasteiger partial charge in [0.05, 0.1) is 11.2 Å². The van der Waals surface area contributed by atoms with E-state index >= 15 is 0 Å². The summed E-state index contributed by atoms with van der Waals surface area (Å²) < 4.78 is 1.97. The first-order valence-corrected chi connectivity index (χ1v) is 5.09. The molecule has 74 valence electrons. The van der Waals surface area contributed by atoms with Gasteiger partial charge >= 0.3 is 0 Å². The van der Waals surface area contributed by atoms with Crippen molar-refractivity contribution in [2.75, 3.05) is 0 Å². The summed E-state index contributed by atoms with van der Waals surface area (Å²) in [6.45, 7) is 4.45. The summed E-state index contributed by atoms with van der Waals surface area (Å²) in [4.78, 5) is 0. The molecule has 2 nitrogen and oxygen atoms in total. The zero-order valence-electron chi connectivity index (χ0n) is 8.99. The molecule has 0 spiro atoms.